The molecule has 0 amide bonds. The molecule has 0 radical (unpaired) electrons. The highest BCUT2D eigenvalue weighted by molar-refractivity contribution is 5.59. The zero-order valence-corrected chi connectivity index (χ0v) is 21.9. The van der Waals surface area contributed by atoms with Gasteiger partial charge in [-0.25, -0.2) is 8.78 Å². The van der Waals surface area contributed by atoms with Crippen molar-refractivity contribution in [2.45, 2.75) is 31.4 Å². The Morgan fingerprint density at radius 1 is 0.923 bits per heavy atom. The van der Waals surface area contributed by atoms with E-state index in [0.29, 0.717) is 62.5 Å². The van der Waals surface area contributed by atoms with Crippen LogP contribution in [0.3, 0.4) is 0 Å². The monoisotopic (exact) mass is 536 g/mol. The predicted octanol–water partition coefficient (Wildman–Crippen LogP) is 4.31. The largest absolute Gasteiger partial charge is 0.497 e. The highest BCUT2D eigenvalue weighted by Gasteiger charge is 2.59. The number of halogens is 2. The Morgan fingerprint density at radius 3 is 2.00 bits per heavy atom. The minimum Gasteiger partial charge on any atom is -0.497 e. The first-order valence-corrected chi connectivity index (χ1v) is 12.9. The molecule has 1 saturated carbocycles. The van der Waals surface area contributed by atoms with Gasteiger partial charge in [0.1, 0.15) is 11.5 Å². The number of ether oxygens (including phenoxy) is 3. The SMILES string of the molecule is COc1ccc(CN(Cc2ccc(OC)cc2)c2nc(N3CCOCC3)nc3c(C4CC4(F)F)cnn23)cc1. The summed E-state index contributed by atoms with van der Waals surface area (Å²) in [6, 6.07) is 15.7. The maximum absolute atomic E-state index is 14.2. The normalized spacial score (nSPS) is 18.3. The third kappa shape index (κ3) is 5.18. The second-order valence-electron chi connectivity index (χ2n) is 9.83. The summed E-state index contributed by atoms with van der Waals surface area (Å²) in [4.78, 5) is 13.8. The lowest BCUT2D eigenvalue weighted by Gasteiger charge is -2.29. The van der Waals surface area contributed by atoms with Crippen LogP contribution in [0.2, 0.25) is 0 Å². The molecule has 0 N–H and O–H groups in total. The highest BCUT2D eigenvalue weighted by atomic mass is 19.3. The van der Waals surface area contributed by atoms with E-state index in [1.165, 1.54) is 6.20 Å². The van der Waals surface area contributed by atoms with Crippen molar-refractivity contribution < 1.29 is 23.0 Å². The molecule has 1 aliphatic heterocycles. The van der Waals surface area contributed by atoms with Crippen molar-refractivity contribution in [1.82, 2.24) is 19.6 Å². The van der Waals surface area contributed by atoms with Crippen LogP contribution in [0, 0.1) is 0 Å². The van der Waals surface area contributed by atoms with Crippen molar-refractivity contribution in [3.63, 3.8) is 0 Å². The fourth-order valence-corrected chi connectivity index (χ4v) is 4.88. The van der Waals surface area contributed by atoms with Crippen LogP contribution in [-0.2, 0) is 17.8 Å². The van der Waals surface area contributed by atoms with Gasteiger partial charge in [-0.1, -0.05) is 24.3 Å². The molecule has 39 heavy (non-hydrogen) atoms. The molecule has 1 aliphatic carbocycles. The number of fused-ring (bicyclic) bond motifs is 1. The summed E-state index contributed by atoms with van der Waals surface area (Å²) in [5.41, 5.74) is 2.93. The quantitative estimate of drug-likeness (QED) is 0.313. The molecule has 1 atom stereocenters. The van der Waals surface area contributed by atoms with E-state index in [0.717, 1.165) is 22.6 Å². The van der Waals surface area contributed by atoms with Gasteiger partial charge < -0.3 is 24.0 Å². The third-order valence-corrected chi connectivity index (χ3v) is 7.21. The smallest absolute Gasteiger partial charge is 0.256 e. The maximum Gasteiger partial charge on any atom is 0.256 e. The van der Waals surface area contributed by atoms with Gasteiger partial charge in [0.25, 0.3) is 5.92 Å². The van der Waals surface area contributed by atoms with Crippen molar-refractivity contribution in [1.29, 1.82) is 0 Å². The highest BCUT2D eigenvalue weighted by Crippen LogP contribution is 2.56. The molecule has 9 nitrogen and oxygen atoms in total. The summed E-state index contributed by atoms with van der Waals surface area (Å²) in [5, 5.41) is 4.52. The Kier molecular flexibility index (Phi) is 6.68. The Labute approximate surface area is 224 Å². The molecule has 11 heteroatoms. The lowest BCUT2D eigenvalue weighted by Crippen LogP contribution is -2.38. The van der Waals surface area contributed by atoms with Crippen molar-refractivity contribution >= 4 is 17.5 Å². The van der Waals surface area contributed by atoms with Gasteiger partial charge >= 0.3 is 0 Å². The van der Waals surface area contributed by atoms with E-state index in [1.54, 1.807) is 18.7 Å². The van der Waals surface area contributed by atoms with Crippen molar-refractivity contribution in [3.05, 3.63) is 71.4 Å². The van der Waals surface area contributed by atoms with Crippen LogP contribution >= 0.6 is 0 Å². The van der Waals surface area contributed by atoms with E-state index in [4.69, 9.17) is 24.2 Å². The number of methoxy groups -OCH3 is 2. The van der Waals surface area contributed by atoms with E-state index < -0.39 is 11.8 Å². The van der Waals surface area contributed by atoms with Gasteiger partial charge in [0, 0.05) is 38.2 Å². The molecule has 204 valence electrons. The van der Waals surface area contributed by atoms with Gasteiger partial charge in [0.15, 0.2) is 5.65 Å². The fourth-order valence-electron chi connectivity index (χ4n) is 4.88. The topological polar surface area (TPSA) is 77.2 Å². The van der Waals surface area contributed by atoms with E-state index >= 15 is 0 Å². The first-order valence-electron chi connectivity index (χ1n) is 12.9. The zero-order valence-electron chi connectivity index (χ0n) is 21.9. The molecular formula is C28H30F2N6O3. The number of anilines is 2. The van der Waals surface area contributed by atoms with Gasteiger partial charge in [0.2, 0.25) is 11.9 Å². The summed E-state index contributed by atoms with van der Waals surface area (Å²) in [6.45, 7) is 3.35. The number of nitrogens with zero attached hydrogens (tertiary/aromatic N) is 6. The van der Waals surface area contributed by atoms with E-state index in [1.807, 2.05) is 53.4 Å². The molecule has 2 aromatic heterocycles. The van der Waals surface area contributed by atoms with Crippen LogP contribution < -0.4 is 19.3 Å². The molecule has 1 unspecified atom stereocenters. The number of benzene rings is 2. The summed E-state index contributed by atoms with van der Waals surface area (Å²) in [7, 11) is 3.27. The average molecular weight is 537 g/mol. The fraction of sp³-hybridized carbons (Fsp3) is 0.393. The Bertz CT molecular complexity index is 1390. The van der Waals surface area contributed by atoms with Crippen LogP contribution in [-0.4, -0.2) is 66.0 Å². The van der Waals surface area contributed by atoms with E-state index in [2.05, 4.69) is 10.00 Å². The maximum atomic E-state index is 14.2. The number of rotatable bonds is 9. The Balaban J connectivity index is 1.45. The number of hydrogen-bond acceptors (Lipinski definition) is 8. The molecule has 3 heterocycles. The van der Waals surface area contributed by atoms with Gasteiger partial charge in [-0.3, -0.25) is 0 Å². The molecule has 2 fully saturated rings. The molecule has 6 rings (SSSR count). The average Bonchev–Trinajstić information content (AvgIpc) is 3.40. The second-order valence-corrected chi connectivity index (χ2v) is 9.83. The van der Waals surface area contributed by atoms with E-state index in [9.17, 15) is 8.78 Å². The van der Waals surface area contributed by atoms with Crippen LogP contribution in [0.1, 0.15) is 29.0 Å². The standard InChI is InChI=1S/C28H30F2N6O3/c1-37-21-7-3-19(4-8-21)17-35(18-20-5-9-22(38-2)10-6-20)27-33-26(34-11-13-39-14-12-34)32-25-23(16-31-36(25)27)24-15-28(24,29)30/h3-10,16,24H,11-15,17-18H2,1-2H3. The molecule has 2 aromatic carbocycles. The van der Waals surface area contributed by atoms with Crippen LogP contribution in [0.4, 0.5) is 20.7 Å². The predicted molar refractivity (Wildman–Crippen MR) is 142 cm³/mol. The van der Waals surface area contributed by atoms with Gasteiger partial charge in [-0.15, -0.1) is 0 Å². The number of morpholine rings is 1. The van der Waals surface area contributed by atoms with Gasteiger partial charge in [-0.2, -0.15) is 19.6 Å². The first kappa shape index (κ1) is 25.3. The third-order valence-electron chi connectivity index (χ3n) is 7.21. The molecule has 0 bridgehead atoms. The Morgan fingerprint density at radius 2 is 1.49 bits per heavy atom. The molecule has 0 spiro atoms. The zero-order chi connectivity index (χ0) is 27.0. The lowest BCUT2D eigenvalue weighted by molar-refractivity contribution is 0.112. The Hall–Kier alpha value is -3.99. The molecule has 2 aliphatic rings. The van der Waals surface area contributed by atoms with Crippen LogP contribution in [0.15, 0.2) is 54.7 Å². The summed E-state index contributed by atoms with van der Waals surface area (Å²) in [6.07, 6.45) is 1.32. The first-order chi connectivity index (χ1) is 18.9. The number of alkyl halides is 2. The minimum absolute atomic E-state index is 0.192. The van der Waals surface area contributed by atoms with Gasteiger partial charge in [-0.05, 0) is 35.4 Å². The van der Waals surface area contributed by atoms with Crippen molar-refractivity contribution in [3.8, 4) is 11.5 Å². The van der Waals surface area contributed by atoms with Crippen molar-refractivity contribution in [2.24, 2.45) is 0 Å². The summed E-state index contributed by atoms with van der Waals surface area (Å²) >= 11 is 0. The molecule has 1 saturated heterocycles. The lowest BCUT2D eigenvalue weighted by atomic mass is 10.1. The van der Waals surface area contributed by atoms with Crippen LogP contribution in [0.25, 0.3) is 5.65 Å². The van der Waals surface area contributed by atoms with Gasteiger partial charge in [0.05, 0.1) is 39.5 Å². The minimum atomic E-state index is -2.74. The summed E-state index contributed by atoms with van der Waals surface area (Å²) < 4.78 is 46.1. The number of hydrogen-bond donors (Lipinski definition) is 0. The second kappa shape index (κ2) is 10.3. The van der Waals surface area contributed by atoms with Crippen molar-refractivity contribution in [2.75, 3.05) is 50.3 Å². The molecule has 4 aromatic rings. The molecular weight excluding hydrogens is 506 g/mol. The summed E-state index contributed by atoms with van der Waals surface area (Å²) in [5.74, 6) is -1.07. The van der Waals surface area contributed by atoms with Crippen LogP contribution in [0.5, 0.6) is 11.5 Å². The van der Waals surface area contributed by atoms with E-state index in [-0.39, 0.29) is 6.42 Å². The number of aromatic nitrogens is 4.